The highest BCUT2D eigenvalue weighted by atomic mass is 32.2. The summed E-state index contributed by atoms with van der Waals surface area (Å²) >= 11 is 0. The fraction of sp³-hybridized carbons (Fsp3) is 0.565. The molecule has 0 radical (unpaired) electrons. The second kappa shape index (κ2) is 10.5. The maximum Gasteiger partial charge on any atom is 0.272 e. The molecule has 198 valence electrons. The number of nitro groups is 1. The average Bonchev–Trinajstić information content (AvgIpc) is 3.39. The highest BCUT2D eigenvalue weighted by molar-refractivity contribution is 7.89. The molecule has 2 aromatic rings. The highest BCUT2D eigenvalue weighted by Gasteiger charge is 2.30. The molecule has 1 aromatic heterocycles. The maximum atomic E-state index is 13.1. The molecule has 36 heavy (non-hydrogen) atoms. The molecule has 2 heterocycles. The number of nitrogens with zero attached hydrogens (tertiary/aromatic N) is 3. The summed E-state index contributed by atoms with van der Waals surface area (Å²) in [6.07, 6.45) is 1.78. The Hall–Kier alpha value is -3.03. The minimum absolute atomic E-state index is 0.0413. The van der Waals surface area contributed by atoms with Gasteiger partial charge in [-0.05, 0) is 60.5 Å². The number of nitrogens with one attached hydrogen (secondary N) is 2. The molecule has 0 spiro atoms. The minimum atomic E-state index is -4.20. The normalized spacial score (nSPS) is 16.4. The van der Waals surface area contributed by atoms with Crippen LogP contribution in [-0.4, -0.2) is 53.8 Å². The average molecular weight is 524 g/mol. The smallest absolute Gasteiger partial charge is 0.272 e. The number of nitro benzene ring substituents is 1. The van der Waals surface area contributed by atoms with Gasteiger partial charge in [0.2, 0.25) is 15.9 Å². The van der Waals surface area contributed by atoms with Crippen molar-refractivity contribution in [2.45, 2.75) is 77.0 Å². The zero-order chi connectivity index (χ0) is 26.8. The third kappa shape index (κ3) is 6.39. The topological polar surface area (TPSA) is 155 Å². The van der Waals surface area contributed by atoms with Crippen molar-refractivity contribution in [1.29, 1.82) is 0 Å². The summed E-state index contributed by atoms with van der Waals surface area (Å²) in [6, 6.07) is 3.10. The molecular formula is C23H33N5O7S. The Bertz CT molecular complexity index is 1240. The van der Waals surface area contributed by atoms with E-state index in [4.69, 9.17) is 9.47 Å². The molecule has 1 saturated heterocycles. The minimum Gasteiger partial charge on any atom is -0.438 e. The molecule has 0 saturated carbocycles. The van der Waals surface area contributed by atoms with E-state index >= 15 is 0 Å². The lowest BCUT2D eigenvalue weighted by Crippen LogP contribution is -2.40. The van der Waals surface area contributed by atoms with Crippen LogP contribution in [0.1, 0.15) is 69.6 Å². The van der Waals surface area contributed by atoms with E-state index in [0.717, 1.165) is 25.0 Å². The van der Waals surface area contributed by atoms with Crippen LogP contribution in [0.5, 0.6) is 11.6 Å². The van der Waals surface area contributed by atoms with Gasteiger partial charge in [-0.1, -0.05) is 0 Å². The lowest BCUT2D eigenvalue weighted by molar-refractivity contribution is -0.385. The number of benzene rings is 1. The Morgan fingerprint density at radius 2 is 2.06 bits per heavy atom. The molecule has 1 aliphatic heterocycles. The summed E-state index contributed by atoms with van der Waals surface area (Å²) < 4.78 is 41.8. The van der Waals surface area contributed by atoms with Gasteiger partial charge in [-0.3, -0.25) is 14.9 Å². The predicted octanol–water partition coefficient (Wildman–Crippen LogP) is 3.46. The van der Waals surface area contributed by atoms with Crippen molar-refractivity contribution in [2.24, 2.45) is 0 Å². The summed E-state index contributed by atoms with van der Waals surface area (Å²) in [5.74, 6) is -0.375. The van der Waals surface area contributed by atoms with Gasteiger partial charge < -0.3 is 14.8 Å². The largest absolute Gasteiger partial charge is 0.438 e. The van der Waals surface area contributed by atoms with Gasteiger partial charge in [0.1, 0.15) is 10.6 Å². The van der Waals surface area contributed by atoms with Crippen LogP contribution in [0.2, 0.25) is 0 Å². The summed E-state index contributed by atoms with van der Waals surface area (Å²) in [5.41, 5.74) is -0.709. The first-order valence-electron chi connectivity index (χ1n) is 11.7. The van der Waals surface area contributed by atoms with Gasteiger partial charge in [0.05, 0.1) is 17.1 Å². The fourth-order valence-corrected chi connectivity index (χ4v) is 5.32. The standard InChI is InChI=1S/C23H33N5O7S/c1-14(2)27-22(15(3)20(25-27)21(29)24-13-17-8-7-11-34-17)35-18-10-9-16(28(30)31)12-19(18)36(32,33)26-23(4,5)6/h9-10,12,14,17,26H,7-8,11,13H2,1-6H3,(H,24,29)/t17-/m0/s1. The van der Waals surface area contributed by atoms with E-state index in [1.165, 1.54) is 10.7 Å². The molecule has 3 rings (SSSR count). The highest BCUT2D eigenvalue weighted by Crippen LogP contribution is 2.36. The number of sulfonamides is 1. The van der Waals surface area contributed by atoms with Crippen LogP contribution in [0.15, 0.2) is 23.1 Å². The molecule has 0 bridgehead atoms. The van der Waals surface area contributed by atoms with Gasteiger partial charge >= 0.3 is 0 Å². The molecule has 13 heteroatoms. The molecule has 1 atom stereocenters. The van der Waals surface area contributed by atoms with Crippen molar-refractivity contribution >= 4 is 21.6 Å². The molecule has 1 aliphatic rings. The van der Waals surface area contributed by atoms with Crippen molar-refractivity contribution in [2.75, 3.05) is 13.2 Å². The van der Waals surface area contributed by atoms with Crippen molar-refractivity contribution in [3.8, 4) is 11.6 Å². The maximum absolute atomic E-state index is 13.1. The number of aromatic nitrogens is 2. The number of rotatable bonds is 9. The van der Waals surface area contributed by atoms with E-state index in [0.29, 0.717) is 18.7 Å². The summed E-state index contributed by atoms with van der Waals surface area (Å²) in [5, 5.41) is 18.6. The SMILES string of the molecule is Cc1c(C(=O)NC[C@@H]2CCCO2)nn(C(C)C)c1Oc1ccc([N+](=O)[O-])cc1S(=O)(=O)NC(C)(C)C. The molecule has 0 aliphatic carbocycles. The molecule has 0 unspecified atom stereocenters. The third-order valence-corrected chi connectivity index (χ3v) is 7.16. The Morgan fingerprint density at radius 1 is 1.36 bits per heavy atom. The zero-order valence-corrected chi connectivity index (χ0v) is 22.1. The van der Waals surface area contributed by atoms with E-state index in [1.54, 1.807) is 27.7 Å². The molecular weight excluding hydrogens is 490 g/mol. The second-order valence-corrected chi connectivity index (χ2v) is 11.7. The Kier molecular flexibility index (Phi) is 8.06. The van der Waals surface area contributed by atoms with Crippen LogP contribution >= 0.6 is 0 Å². The number of amides is 1. The summed E-state index contributed by atoms with van der Waals surface area (Å²) in [7, 11) is -4.20. The Balaban J connectivity index is 2.01. The quantitative estimate of drug-likeness (QED) is 0.374. The number of hydrogen-bond acceptors (Lipinski definition) is 8. The van der Waals surface area contributed by atoms with E-state index < -0.39 is 37.0 Å². The Morgan fingerprint density at radius 3 is 2.61 bits per heavy atom. The van der Waals surface area contributed by atoms with Gasteiger partial charge in [-0.2, -0.15) is 5.10 Å². The van der Waals surface area contributed by atoms with Crippen molar-refractivity contribution in [3.05, 3.63) is 39.6 Å². The van der Waals surface area contributed by atoms with E-state index in [1.807, 2.05) is 13.8 Å². The van der Waals surface area contributed by atoms with Crippen LogP contribution in [-0.2, 0) is 14.8 Å². The van der Waals surface area contributed by atoms with E-state index in [-0.39, 0.29) is 29.5 Å². The van der Waals surface area contributed by atoms with Crippen molar-refractivity contribution in [1.82, 2.24) is 19.8 Å². The van der Waals surface area contributed by atoms with Crippen LogP contribution < -0.4 is 14.8 Å². The van der Waals surface area contributed by atoms with Gasteiger partial charge in [0.15, 0.2) is 5.69 Å². The van der Waals surface area contributed by atoms with Crippen LogP contribution in [0.25, 0.3) is 0 Å². The molecule has 1 aromatic carbocycles. The lowest BCUT2D eigenvalue weighted by Gasteiger charge is -2.21. The van der Waals surface area contributed by atoms with Gasteiger partial charge in [-0.25, -0.2) is 17.8 Å². The number of hydrogen-bond donors (Lipinski definition) is 2. The number of carbonyl (C=O) groups is 1. The first-order valence-corrected chi connectivity index (χ1v) is 13.2. The summed E-state index contributed by atoms with van der Waals surface area (Å²) in [4.78, 5) is 23.2. The predicted molar refractivity (Wildman–Crippen MR) is 132 cm³/mol. The van der Waals surface area contributed by atoms with Gasteiger partial charge in [-0.15, -0.1) is 0 Å². The zero-order valence-electron chi connectivity index (χ0n) is 21.3. The first-order chi connectivity index (χ1) is 16.7. The van der Waals surface area contributed by atoms with Crippen molar-refractivity contribution < 1.29 is 27.6 Å². The van der Waals surface area contributed by atoms with Gasteiger partial charge in [0.25, 0.3) is 11.6 Å². The molecule has 1 fully saturated rings. The van der Waals surface area contributed by atoms with E-state index in [2.05, 4.69) is 15.1 Å². The van der Waals surface area contributed by atoms with Crippen LogP contribution in [0.3, 0.4) is 0 Å². The Labute approximate surface area is 210 Å². The molecule has 12 nitrogen and oxygen atoms in total. The van der Waals surface area contributed by atoms with Crippen LogP contribution in [0.4, 0.5) is 5.69 Å². The molecule has 2 N–H and O–H groups in total. The fourth-order valence-electron chi connectivity index (χ4n) is 3.75. The molecule has 1 amide bonds. The number of ether oxygens (including phenoxy) is 2. The lowest BCUT2D eigenvalue weighted by atomic mass is 10.1. The van der Waals surface area contributed by atoms with Gasteiger partial charge in [0, 0.05) is 36.4 Å². The monoisotopic (exact) mass is 523 g/mol. The van der Waals surface area contributed by atoms with Crippen LogP contribution in [0, 0.1) is 17.0 Å². The summed E-state index contributed by atoms with van der Waals surface area (Å²) in [6.45, 7) is 11.3. The third-order valence-electron chi connectivity index (χ3n) is 5.39. The first kappa shape index (κ1) is 27.6. The van der Waals surface area contributed by atoms with E-state index in [9.17, 15) is 23.3 Å². The second-order valence-electron chi connectivity index (χ2n) is 10.0. The number of carbonyl (C=O) groups excluding carboxylic acids is 1. The van der Waals surface area contributed by atoms with Crippen molar-refractivity contribution in [3.63, 3.8) is 0 Å². The number of non-ortho nitro benzene ring substituents is 1.